The van der Waals surface area contributed by atoms with E-state index in [9.17, 15) is 14.4 Å². The molecule has 1 fully saturated rings. The Morgan fingerprint density at radius 2 is 1.79 bits per heavy atom. The fraction of sp³-hybridized carbons (Fsp3) is 0.316. The van der Waals surface area contributed by atoms with Crippen molar-refractivity contribution in [2.45, 2.75) is 6.92 Å². The smallest absolute Gasteiger partial charge is 0.293 e. The highest BCUT2D eigenvalue weighted by atomic mass is 32.2. The molecule has 0 bridgehead atoms. The van der Waals surface area contributed by atoms with Gasteiger partial charge in [-0.1, -0.05) is 6.08 Å². The van der Waals surface area contributed by atoms with Crippen LogP contribution < -0.4 is 19.5 Å². The first-order valence-electron chi connectivity index (χ1n) is 8.41. The molecule has 2 rings (SSSR count). The molecule has 0 saturated carbocycles. The van der Waals surface area contributed by atoms with Crippen molar-refractivity contribution in [1.82, 2.24) is 10.2 Å². The summed E-state index contributed by atoms with van der Waals surface area (Å²) in [4.78, 5) is 37.5. The molecule has 28 heavy (non-hydrogen) atoms. The highest BCUT2D eigenvalue weighted by Crippen LogP contribution is 2.40. The molecule has 1 aromatic rings. The number of methoxy groups -OCH3 is 3. The second-order valence-corrected chi connectivity index (χ2v) is 6.58. The van der Waals surface area contributed by atoms with Gasteiger partial charge in [0.05, 0.1) is 26.2 Å². The summed E-state index contributed by atoms with van der Waals surface area (Å²) in [5.41, 5.74) is 0.626. The van der Waals surface area contributed by atoms with Crippen LogP contribution in [0.25, 0.3) is 6.08 Å². The van der Waals surface area contributed by atoms with E-state index in [1.54, 1.807) is 31.2 Å². The first-order valence-corrected chi connectivity index (χ1v) is 9.22. The highest BCUT2D eigenvalue weighted by Gasteiger charge is 2.34. The number of amides is 3. The Morgan fingerprint density at radius 3 is 2.32 bits per heavy atom. The molecule has 1 saturated heterocycles. The van der Waals surface area contributed by atoms with Crippen molar-refractivity contribution in [2.24, 2.45) is 0 Å². The van der Waals surface area contributed by atoms with E-state index >= 15 is 0 Å². The molecule has 9 heteroatoms. The Bertz CT molecular complexity index is 809. The molecule has 1 aliphatic heterocycles. The molecule has 8 nitrogen and oxygen atoms in total. The number of thioether (sulfide) groups is 1. The van der Waals surface area contributed by atoms with Crippen molar-refractivity contribution in [3.8, 4) is 17.2 Å². The van der Waals surface area contributed by atoms with E-state index in [4.69, 9.17) is 14.2 Å². The number of ether oxygens (including phenoxy) is 3. The van der Waals surface area contributed by atoms with Gasteiger partial charge >= 0.3 is 0 Å². The fourth-order valence-corrected chi connectivity index (χ4v) is 3.40. The molecule has 0 unspecified atom stereocenters. The van der Waals surface area contributed by atoms with Crippen LogP contribution in [0.15, 0.2) is 29.2 Å². The summed E-state index contributed by atoms with van der Waals surface area (Å²) in [6.07, 6.45) is 4.57. The molecule has 3 amide bonds. The Morgan fingerprint density at radius 1 is 1.14 bits per heavy atom. The quantitative estimate of drug-likeness (QED) is 0.663. The summed E-state index contributed by atoms with van der Waals surface area (Å²) in [7, 11) is 4.49. The summed E-state index contributed by atoms with van der Waals surface area (Å²) in [6.45, 7) is 2.00. The monoisotopic (exact) mass is 406 g/mol. The maximum absolute atomic E-state index is 12.6. The summed E-state index contributed by atoms with van der Waals surface area (Å²) in [6, 6.07) is 3.37. The number of carbonyl (C=O) groups excluding carboxylic acids is 3. The molecule has 0 spiro atoms. The van der Waals surface area contributed by atoms with Crippen LogP contribution in [-0.4, -0.2) is 56.4 Å². The van der Waals surface area contributed by atoms with Gasteiger partial charge in [-0.2, -0.15) is 0 Å². The van der Waals surface area contributed by atoms with Crippen molar-refractivity contribution in [2.75, 3.05) is 34.4 Å². The molecule has 0 aromatic heterocycles. The predicted octanol–water partition coefficient (Wildman–Crippen LogP) is 2.44. The van der Waals surface area contributed by atoms with Gasteiger partial charge in [0.15, 0.2) is 11.5 Å². The molecule has 1 aliphatic rings. The lowest BCUT2D eigenvalue weighted by Crippen LogP contribution is -2.36. The second kappa shape index (κ2) is 9.84. The average Bonchev–Trinajstić information content (AvgIpc) is 2.94. The zero-order valence-electron chi connectivity index (χ0n) is 16.1. The molecule has 1 heterocycles. The van der Waals surface area contributed by atoms with Gasteiger partial charge in [0, 0.05) is 13.1 Å². The van der Waals surface area contributed by atoms with E-state index in [0.29, 0.717) is 22.8 Å². The minimum absolute atomic E-state index is 0.0978. The lowest BCUT2D eigenvalue weighted by atomic mass is 10.1. The van der Waals surface area contributed by atoms with Crippen molar-refractivity contribution in [3.63, 3.8) is 0 Å². The number of rotatable bonds is 8. The zero-order chi connectivity index (χ0) is 20.7. The van der Waals surface area contributed by atoms with E-state index in [1.807, 2.05) is 0 Å². The van der Waals surface area contributed by atoms with E-state index < -0.39 is 5.91 Å². The van der Waals surface area contributed by atoms with E-state index in [1.165, 1.54) is 27.4 Å². The molecule has 0 radical (unpaired) electrons. The maximum Gasteiger partial charge on any atom is 0.293 e. The highest BCUT2D eigenvalue weighted by molar-refractivity contribution is 8.18. The van der Waals surface area contributed by atoms with Gasteiger partial charge in [-0.15, -0.1) is 0 Å². The zero-order valence-corrected chi connectivity index (χ0v) is 16.9. The van der Waals surface area contributed by atoms with Crippen LogP contribution in [0.2, 0.25) is 0 Å². The third-order valence-corrected chi connectivity index (χ3v) is 4.72. The molecule has 150 valence electrons. The Balaban J connectivity index is 2.18. The van der Waals surface area contributed by atoms with Gasteiger partial charge in [-0.3, -0.25) is 19.3 Å². The second-order valence-electron chi connectivity index (χ2n) is 5.58. The Labute approximate surface area is 167 Å². The standard InChI is InChI=1S/C19H22N2O6S/c1-5-6-16(22)20-7-8-21-18(23)15(28-19(21)24)11-12-9-13(25-2)17(27-4)14(10-12)26-3/h5-6,9-11H,7-8H2,1-4H3,(H,20,22)/b6-5+,15-11-. The van der Waals surface area contributed by atoms with Crippen LogP contribution in [0.1, 0.15) is 12.5 Å². The minimum Gasteiger partial charge on any atom is -0.493 e. The third kappa shape index (κ3) is 4.86. The molecule has 1 N–H and O–H groups in total. The summed E-state index contributed by atoms with van der Waals surface area (Å²) < 4.78 is 15.9. The predicted molar refractivity (Wildman–Crippen MR) is 107 cm³/mol. The van der Waals surface area contributed by atoms with Gasteiger partial charge in [-0.05, 0) is 48.5 Å². The number of nitrogens with zero attached hydrogens (tertiary/aromatic N) is 1. The molecule has 0 atom stereocenters. The first kappa shape index (κ1) is 21.4. The van der Waals surface area contributed by atoms with Crippen molar-refractivity contribution < 1.29 is 28.6 Å². The van der Waals surface area contributed by atoms with Crippen LogP contribution in [0.3, 0.4) is 0 Å². The number of hydrogen-bond donors (Lipinski definition) is 1. The SMILES string of the molecule is C/C=C/C(=O)NCCN1C(=O)S/C(=C\c2cc(OC)c(OC)c(OC)c2)C1=O. The summed E-state index contributed by atoms with van der Waals surface area (Å²) >= 11 is 0.842. The molecule has 1 aromatic carbocycles. The number of imide groups is 1. The lowest BCUT2D eigenvalue weighted by molar-refractivity contribution is -0.123. The van der Waals surface area contributed by atoms with Crippen LogP contribution in [-0.2, 0) is 9.59 Å². The Hall–Kier alpha value is -2.94. The van der Waals surface area contributed by atoms with E-state index in [2.05, 4.69) is 5.32 Å². The Kier molecular flexibility index (Phi) is 7.51. The van der Waals surface area contributed by atoms with Crippen LogP contribution >= 0.6 is 11.8 Å². The van der Waals surface area contributed by atoms with Gasteiger partial charge in [0.2, 0.25) is 11.7 Å². The normalized spacial score (nSPS) is 15.4. The maximum atomic E-state index is 12.6. The van der Waals surface area contributed by atoms with Crippen LogP contribution in [0, 0.1) is 0 Å². The summed E-state index contributed by atoms with van der Waals surface area (Å²) in [5, 5.41) is 2.23. The molecular weight excluding hydrogens is 384 g/mol. The number of nitrogens with one attached hydrogen (secondary N) is 1. The topological polar surface area (TPSA) is 94.2 Å². The van der Waals surface area contributed by atoms with Crippen LogP contribution in [0.5, 0.6) is 17.2 Å². The van der Waals surface area contributed by atoms with E-state index in [0.717, 1.165) is 16.7 Å². The fourth-order valence-electron chi connectivity index (χ4n) is 2.53. The van der Waals surface area contributed by atoms with Gasteiger partial charge in [0.25, 0.3) is 11.1 Å². The largest absolute Gasteiger partial charge is 0.493 e. The lowest BCUT2D eigenvalue weighted by Gasteiger charge is -2.13. The van der Waals surface area contributed by atoms with Gasteiger partial charge in [0.1, 0.15) is 0 Å². The number of allylic oxidation sites excluding steroid dienone is 1. The third-order valence-electron chi connectivity index (χ3n) is 3.81. The minimum atomic E-state index is -0.413. The van der Waals surface area contributed by atoms with Crippen molar-refractivity contribution in [1.29, 1.82) is 0 Å². The number of carbonyl (C=O) groups is 3. The molecule has 0 aliphatic carbocycles. The van der Waals surface area contributed by atoms with Gasteiger partial charge in [-0.25, -0.2) is 0 Å². The first-order chi connectivity index (χ1) is 13.4. The summed E-state index contributed by atoms with van der Waals surface area (Å²) in [5.74, 6) is 0.636. The van der Waals surface area contributed by atoms with Crippen molar-refractivity contribution in [3.05, 3.63) is 34.8 Å². The number of hydrogen-bond acceptors (Lipinski definition) is 7. The van der Waals surface area contributed by atoms with E-state index in [-0.39, 0.29) is 29.1 Å². The number of benzene rings is 1. The average molecular weight is 406 g/mol. The van der Waals surface area contributed by atoms with Crippen LogP contribution in [0.4, 0.5) is 4.79 Å². The van der Waals surface area contributed by atoms with Gasteiger partial charge < -0.3 is 19.5 Å². The molecular formula is C19H22N2O6S. The van der Waals surface area contributed by atoms with Crippen molar-refractivity contribution >= 4 is 34.9 Å².